The summed E-state index contributed by atoms with van der Waals surface area (Å²) in [7, 11) is 0. The molecule has 1 aliphatic heterocycles. The molecule has 6 heteroatoms. The van der Waals surface area contributed by atoms with Crippen molar-refractivity contribution in [3.63, 3.8) is 0 Å². The van der Waals surface area contributed by atoms with Crippen molar-refractivity contribution in [3.05, 3.63) is 17.0 Å². The first-order valence-corrected chi connectivity index (χ1v) is 7.81. The van der Waals surface area contributed by atoms with Gasteiger partial charge >= 0.3 is 0 Å². The largest absolute Gasteiger partial charge is 0.377 e. The number of rotatable bonds is 5. The van der Waals surface area contributed by atoms with Crippen molar-refractivity contribution in [2.45, 2.75) is 52.6 Å². The Morgan fingerprint density at radius 1 is 1.50 bits per heavy atom. The number of ether oxygens (including phenoxy) is 1. The van der Waals surface area contributed by atoms with Crippen LogP contribution in [0, 0.1) is 25.2 Å². The van der Waals surface area contributed by atoms with E-state index in [1.165, 1.54) is 0 Å². The second-order valence-electron chi connectivity index (χ2n) is 5.79. The fourth-order valence-corrected chi connectivity index (χ4v) is 2.94. The maximum absolute atomic E-state index is 12.4. The number of morpholine rings is 1. The fourth-order valence-electron chi connectivity index (χ4n) is 2.94. The first-order valence-electron chi connectivity index (χ1n) is 7.81. The molecule has 0 bridgehead atoms. The predicted molar refractivity (Wildman–Crippen MR) is 82.2 cm³/mol. The summed E-state index contributed by atoms with van der Waals surface area (Å²) in [6, 6.07) is 2.29. The Hall–Kier alpha value is -1.87. The van der Waals surface area contributed by atoms with Gasteiger partial charge in [0.05, 0.1) is 44.0 Å². The molecular weight excluding hydrogens is 280 g/mol. The second kappa shape index (κ2) is 7.41. The Balaban J connectivity index is 1.97. The van der Waals surface area contributed by atoms with Gasteiger partial charge in [0.25, 0.3) is 0 Å². The molecule has 1 aromatic rings. The molecule has 1 atom stereocenters. The van der Waals surface area contributed by atoms with E-state index in [2.05, 4.69) is 11.2 Å². The van der Waals surface area contributed by atoms with Gasteiger partial charge in [-0.3, -0.25) is 9.48 Å². The number of hydrogen-bond donors (Lipinski definition) is 0. The number of carbonyl (C=O) groups excluding carboxylic acids is 1. The first kappa shape index (κ1) is 16.5. The lowest BCUT2D eigenvalue weighted by molar-refractivity contribution is -0.139. The van der Waals surface area contributed by atoms with Crippen molar-refractivity contribution in [2.24, 2.45) is 0 Å². The number of aryl methyl sites for hydroxylation is 2. The Kier molecular flexibility index (Phi) is 5.56. The SMILES string of the molecule is Cc1nn(CCC#N)c(C)c1CCC(=O)N1CCOC[C@@H]1C. The Morgan fingerprint density at radius 2 is 2.27 bits per heavy atom. The van der Waals surface area contributed by atoms with Crippen LogP contribution in [-0.2, 0) is 22.5 Å². The van der Waals surface area contributed by atoms with Crippen LogP contribution in [-0.4, -0.2) is 46.4 Å². The molecule has 6 nitrogen and oxygen atoms in total. The molecule has 120 valence electrons. The van der Waals surface area contributed by atoms with E-state index >= 15 is 0 Å². The average Bonchev–Trinajstić information content (AvgIpc) is 2.77. The Bertz CT molecular complexity index is 573. The zero-order chi connectivity index (χ0) is 16.1. The zero-order valence-electron chi connectivity index (χ0n) is 13.6. The molecule has 0 saturated carbocycles. The summed E-state index contributed by atoms with van der Waals surface area (Å²) in [5.74, 6) is 0.180. The molecule has 2 heterocycles. The Morgan fingerprint density at radius 3 is 2.95 bits per heavy atom. The maximum Gasteiger partial charge on any atom is 0.223 e. The van der Waals surface area contributed by atoms with Crippen molar-refractivity contribution < 1.29 is 9.53 Å². The van der Waals surface area contributed by atoms with Crippen molar-refractivity contribution >= 4 is 5.91 Å². The van der Waals surface area contributed by atoms with Crippen molar-refractivity contribution in [3.8, 4) is 6.07 Å². The topological polar surface area (TPSA) is 71.2 Å². The lowest BCUT2D eigenvalue weighted by Gasteiger charge is -2.33. The number of nitrogens with zero attached hydrogens (tertiary/aromatic N) is 4. The number of aromatic nitrogens is 2. The molecule has 22 heavy (non-hydrogen) atoms. The zero-order valence-corrected chi connectivity index (χ0v) is 13.6. The van der Waals surface area contributed by atoms with Crippen LogP contribution in [0.25, 0.3) is 0 Å². The molecule has 0 spiro atoms. The highest BCUT2D eigenvalue weighted by Gasteiger charge is 2.24. The van der Waals surface area contributed by atoms with E-state index in [0.717, 1.165) is 17.0 Å². The summed E-state index contributed by atoms with van der Waals surface area (Å²) in [4.78, 5) is 14.3. The molecule has 0 radical (unpaired) electrons. The summed E-state index contributed by atoms with van der Waals surface area (Å²) in [6.07, 6.45) is 1.65. The minimum Gasteiger partial charge on any atom is -0.377 e. The van der Waals surface area contributed by atoms with Crippen molar-refractivity contribution in [1.29, 1.82) is 5.26 Å². The monoisotopic (exact) mass is 304 g/mol. The minimum absolute atomic E-state index is 0.154. The first-order chi connectivity index (χ1) is 10.5. The van der Waals surface area contributed by atoms with E-state index in [1.54, 1.807) is 0 Å². The van der Waals surface area contributed by atoms with Crippen molar-refractivity contribution in [1.82, 2.24) is 14.7 Å². The molecule has 1 fully saturated rings. The minimum atomic E-state index is 0.154. The van der Waals surface area contributed by atoms with Gasteiger partial charge in [-0.25, -0.2) is 0 Å². The van der Waals surface area contributed by atoms with Gasteiger partial charge in [-0.2, -0.15) is 10.4 Å². The molecule has 0 N–H and O–H groups in total. The average molecular weight is 304 g/mol. The van der Waals surface area contributed by atoms with Gasteiger partial charge in [0, 0.05) is 18.7 Å². The van der Waals surface area contributed by atoms with Gasteiger partial charge in [-0.1, -0.05) is 0 Å². The summed E-state index contributed by atoms with van der Waals surface area (Å²) >= 11 is 0. The predicted octanol–water partition coefficient (Wildman–Crippen LogP) is 1.59. The number of nitriles is 1. The highest BCUT2D eigenvalue weighted by molar-refractivity contribution is 5.77. The third-order valence-corrected chi connectivity index (χ3v) is 4.24. The van der Waals surface area contributed by atoms with E-state index in [1.807, 2.05) is 30.4 Å². The van der Waals surface area contributed by atoms with Crippen LogP contribution in [0.3, 0.4) is 0 Å². The number of hydrogen-bond acceptors (Lipinski definition) is 4. The highest BCUT2D eigenvalue weighted by atomic mass is 16.5. The van der Waals surface area contributed by atoms with Gasteiger partial charge in [-0.15, -0.1) is 0 Å². The lowest BCUT2D eigenvalue weighted by Crippen LogP contribution is -2.47. The van der Waals surface area contributed by atoms with Crippen LogP contribution in [0.4, 0.5) is 0 Å². The van der Waals surface area contributed by atoms with Crippen LogP contribution < -0.4 is 0 Å². The van der Waals surface area contributed by atoms with Crippen LogP contribution in [0.1, 0.15) is 36.7 Å². The molecular formula is C16H24N4O2. The van der Waals surface area contributed by atoms with Gasteiger partial charge < -0.3 is 9.64 Å². The van der Waals surface area contributed by atoms with E-state index < -0.39 is 0 Å². The standard InChI is InChI=1S/C16H24N4O2/c1-12-11-22-10-9-19(12)16(21)6-5-15-13(2)18-20(14(15)3)8-4-7-17/h12H,4-6,8-11H2,1-3H3/t12-/m0/s1. The lowest BCUT2D eigenvalue weighted by atomic mass is 10.1. The normalized spacial score (nSPS) is 18.3. The van der Waals surface area contributed by atoms with E-state index in [-0.39, 0.29) is 11.9 Å². The molecule has 1 aromatic heterocycles. The van der Waals surface area contributed by atoms with Crippen LogP contribution >= 0.6 is 0 Å². The van der Waals surface area contributed by atoms with Crippen LogP contribution in [0.5, 0.6) is 0 Å². The number of carbonyl (C=O) groups is 1. The molecule has 0 aliphatic carbocycles. The van der Waals surface area contributed by atoms with E-state index in [4.69, 9.17) is 10.00 Å². The van der Waals surface area contributed by atoms with Crippen LogP contribution in [0.2, 0.25) is 0 Å². The third-order valence-electron chi connectivity index (χ3n) is 4.24. The second-order valence-corrected chi connectivity index (χ2v) is 5.79. The van der Waals surface area contributed by atoms with Gasteiger partial charge in [-0.05, 0) is 32.8 Å². The molecule has 0 aromatic carbocycles. The van der Waals surface area contributed by atoms with Gasteiger partial charge in [0.2, 0.25) is 5.91 Å². The molecule has 1 amide bonds. The van der Waals surface area contributed by atoms with Gasteiger partial charge in [0.15, 0.2) is 0 Å². The quantitative estimate of drug-likeness (QED) is 0.828. The van der Waals surface area contributed by atoms with Gasteiger partial charge in [0.1, 0.15) is 0 Å². The fraction of sp³-hybridized carbons (Fsp3) is 0.688. The third kappa shape index (κ3) is 3.66. The molecule has 1 aliphatic rings. The molecule has 0 unspecified atom stereocenters. The van der Waals surface area contributed by atoms with Crippen LogP contribution in [0.15, 0.2) is 0 Å². The van der Waals surface area contributed by atoms with E-state index in [9.17, 15) is 4.79 Å². The Labute approximate surface area is 131 Å². The summed E-state index contributed by atoms with van der Waals surface area (Å²) in [6.45, 7) is 8.53. The maximum atomic E-state index is 12.4. The number of amides is 1. The summed E-state index contributed by atoms with van der Waals surface area (Å²) in [5.41, 5.74) is 3.15. The smallest absolute Gasteiger partial charge is 0.223 e. The molecule has 2 rings (SSSR count). The van der Waals surface area contributed by atoms with Crippen molar-refractivity contribution in [2.75, 3.05) is 19.8 Å². The highest BCUT2D eigenvalue weighted by Crippen LogP contribution is 2.17. The van der Waals surface area contributed by atoms with E-state index in [0.29, 0.717) is 45.6 Å². The summed E-state index contributed by atoms with van der Waals surface area (Å²) < 4.78 is 7.24. The molecule has 1 saturated heterocycles. The summed E-state index contributed by atoms with van der Waals surface area (Å²) in [5, 5.41) is 13.2.